The van der Waals surface area contributed by atoms with E-state index in [0.29, 0.717) is 12.5 Å². The molecule has 0 atom stereocenters. The van der Waals surface area contributed by atoms with Crippen LogP contribution >= 0.6 is 0 Å². The van der Waals surface area contributed by atoms with Gasteiger partial charge in [0, 0.05) is 0 Å². The number of hydrogen-bond acceptors (Lipinski definition) is 2. The molecule has 1 fully saturated rings. The van der Waals surface area contributed by atoms with E-state index in [1.165, 1.54) is 43.2 Å². The maximum absolute atomic E-state index is 5.05. The molecule has 0 N–H and O–H groups in total. The van der Waals surface area contributed by atoms with Gasteiger partial charge in [0.2, 0.25) is 0 Å². The summed E-state index contributed by atoms with van der Waals surface area (Å²) in [6.07, 6.45) is 8.61. The molecule has 0 heterocycles. The minimum absolute atomic E-state index is 0.627. The maximum Gasteiger partial charge on any atom is 0.114 e. The van der Waals surface area contributed by atoms with Gasteiger partial charge in [0.25, 0.3) is 0 Å². The van der Waals surface area contributed by atoms with Gasteiger partial charge < -0.3 is 4.84 Å². The fourth-order valence-corrected chi connectivity index (χ4v) is 2.58. The first-order valence-corrected chi connectivity index (χ1v) is 6.66. The van der Waals surface area contributed by atoms with Crippen LogP contribution in [0.5, 0.6) is 0 Å². The average Bonchev–Trinajstić information content (AvgIpc) is 2.41. The van der Waals surface area contributed by atoms with Gasteiger partial charge in [-0.25, -0.2) is 0 Å². The van der Waals surface area contributed by atoms with Gasteiger partial charge in [-0.05, 0) is 36.8 Å². The number of benzene rings is 1. The molecule has 0 unspecified atom stereocenters. The topological polar surface area (TPSA) is 21.6 Å². The first-order valence-electron chi connectivity index (χ1n) is 6.66. The first-order chi connectivity index (χ1) is 8.42. The molecule has 1 aromatic carbocycles. The Morgan fingerprint density at radius 3 is 2.76 bits per heavy atom. The molecule has 0 aromatic heterocycles. The van der Waals surface area contributed by atoms with Crippen LogP contribution < -0.4 is 0 Å². The molecule has 1 saturated carbocycles. The highest BCUT2D eigenvalue weighted by Crippen LogP contribution is 2.33. The molecular weight excluding hydrogens is 210 g/mol. The van der Waals surface area contributed by atoms with E-state index in [1.54, 1.807) is 0 Å². The van der Waals surface area contributed by atoms with E-state index in [-0.39, 0.29) is 0 Å². The molecule has 1 aliphatic carbocycles. The molecule has 0 amide bonds. The van der Waals surface area contributed by atoms with Gasteiger partial charge in [-0.1, -0.05) is 48.7 Å². The molecule has 2 nitrogen and oxygen atoms in total. The molecule has 1 aromatic rings. The Balaban J connectivity index is 2.14. The summed E-state index contributed by atoms with van der Waals surface area (Å²) in [6, 6.07) is 8.57. The second-order valence-corrected chi connectivity index (χ2v) is 4.62. The molecule has 2 rings (SSSR count). The number of oxime groups is 1. The highest BCUT2D eigenvalue weighted by atomic mass is 16.6. The van der Waals surface area contributed by atoms with E-state index in [9.17, 15) is 0 Å². The molecular formula is C15H21NO. The SMILES string of the molecule is CCON=Cc1ccccc1C1CCCCC1. The lowest BCUT2D eigenvalue weighted by Gasteiger charge is -2.23. The lowest BCUT2D eigenvalue weighted by Crippen LogP contribution is -2.07. The number of hydrogen-bond donors (Lipinski definition) is 0. The molecule has 1 aliphatic rings. The van der Waals surface area contributed by atoms with Gasteiger partial charge in [0.05, 0.1) is 6.21 Å². The maximum atomic E-state index is 5.05. The Bertz CT molecular complexity index is 367. The summed E-state index contributed by atoms with van der Waals surface area (Å²) in [5.74, 6) is 0.716. The fraction of sp³-hybridized carbons (Fsp3) is 0.533. The lowest BCUT2D eigenvalue weighted by molar-refractivity contribution is 0.160. The predicted octanol–water partition coefficient (Wildman–Crippen LogP) is 4.10. The molecule has 0 saturated heterocycles. The van der Waals surface area contributed by atoms with Crippen molar-refractivity contribution in [3.05, 3.63) is 35.4 Å². The fourth-order valence-electron chi connectivity index (χ4n) is 2.58. The minimum Gasteiger partial charge on any atom is -0.396 e. The van der Waals surface area contributed by atoms with Crippen molar-refractivity contribution in [2.75, 3.05) is 6.61 Å². The number of nitrogens with zero attached hydrogens (tertiary/aromatic N) is 1. The van der Waals surface area contributed by atoms with Crippen molar-refractivity contribution in [3.63, 3.8) is 0 Å². The molecule has 2 heteroatoms. The van der Waals surface area contributed by atoms with Crippen LogP contribution in [0.15, 0.2) is 29.4 Å². The lowest BCUT2D eigenvalue weighted by atomic mass is 9.82. The Morgan fingerprint density at radius 2 is 2.00 bits per heavy atom. The summed E-state index contributed by atoms with van der Waals surface area (Å²) in [6.45, 7) is 2.58. The third kappa shape index (κ3) is 3.32. The standard InChI is InChI=1S/C15H21NO/c1-2-17-16-12-14-10-6-7-11-15(14)13-8-4-3-5-9-13/h6-7,10-13H,2-5,8-9H2,1H3. The Hall–Kier alpha value is -1.31. The smallest absolute Gasteiger partial charge is 0.114 e. The van der Waals surface area contributed by atoms with E-state index in [2.05, 4.69) is 29.4 Å². The van der Waals surface area contributed by atoms with Crippen LogP contribution in [0.4, 0.5) is 0 Å². The second-order valence-electron chi connectivity index (χ2n) is 4.62. The molecule has 17 heavy (non-hydrogen) atoms. The summed E-state index contributed by atoms with van der Waals surface area (Å²) in [7, 11) is 0. The van der Waals surface area contributed by atoms with E-state index in [1.807, 2.05) is 13.1 Å². The quantitative estimate of drug-likeness (QED) is 0.564. The Kier molecular flexibility index (Phi) is 4.60. The van der Waals surface area contributed by atoms with Gasteiger partial charge >= 0.3 is 0 Å². The summed E-state index contributed by atoms with van der Waals surface area (Å²) in [4.78, 5) is 5.05. The van der Waals surface area contributed by atoms with E-state index < -0.39 is 0 Å². The first kappa shape index (κ1) is 12.2. The van der Waals surface area contributed by atoms with Gasteiger partial charge in [-0.3, -0.25) is 0 Å². The molecule has 0 radical (unpaired) electrons. The van der Waals surface area contributed by atoms with Crippen LogP contribution in [0.2, 0.25) is 0 Å². The van der Waals surface area contributed by atoms with Crippen molar-refractivity contribution in [1.82, 2.24) is 0 Å². The summed E-state index contributed by atoms with van der Waals surface area (Å²) in [5, 5.41) is 3.99. The van der Waals surface area contributed by atoms with Crippen LogP contribution in [0.3, 0.4) is 0 Å². The summed E-state index contributed by atoms with van der Waals surface area (Å²) < 4.78 is 0. The van der Waals surface area contributed by atoms with Crippen molar-refractivity contribution in [2.45, 2.75) is 44.9 Å². The van der Waals surface area contributed by atoms with Gasteiger partial charge in [0.1, 0.15) is 6.61 Å². The second kappa shape index (κ2) is 6.43. The van der Waals surface area contributed by atoms with Gasteiger partial charge in [-0.15, -0.1) is 0 Å². The molecule has 0 spiro atoms. The largest absolute Gasteiger partial charge is 0.396 e. The Morgan fingerprint density at radius 1 is 1.24 bits per heavy atom. The van der Waals surface area contributed by atoms with E-state index >= 15 is 0 Å². The third-order valence-corrected chi connectivity index (χ3v) is 3.44. The monoisotopic (exact) mass is 231 g/mol. The van der Waals surface area contributed by atoms with Crippen LogP contribution in [0.25, 0.3) is 0 Å². The number of rotatable bonds is 4. The van der Waals surface area contributed by atoms with Gasteiger partial charge in [-0.2, -0.15) is 0 Å². The van der Waals surface area contributed by atoms with E-state index in [4.69, 9.17) is 4.84 Å². The minimum atomic E-state index is 0.627. The van der Waals surface area contributed by atoms with Crippen LogP contribution in [0.1, 0.15) is 56.1 Å². The predicted molar refractivity (Wildman–Crippen MR) is 71.5 cm³/mol. The normalized spacial score (nSPS) is 17.5. The van der Waals surface area contributed by atoms with E-state index in [0.717, 1.165) is 0 Å². The van der Waals surface area contributed by atoms with Gasteiger partial charge in [0.15, 0.2) is 0 Å². The zero-order chi connectivity index (χ0) is 11.9. The van der Waals surface area contributed by atoms with Crippen LogP contribution in [-0.2, 0) is 4.84 Å². The van der Waals surface area contributed by atoms with Crippen LogP contribution in [-0.4, -0.2) is 12.8 Å². The highest BCUT2D eigenvalue weighted by Gasteiger charge is 2.17. The summed E-state index contributed by atoms with van der Waals surface area (Å²) >= 11 is 0. The van der Waals surface area contributed by atoms with Crippen molar-refractivity contribution >= 4 is 6.21 Å². The molecule has 0 aliphatic heterocycles. The van der Waals surface area contributed by atoms with Crippen molar-refractivity contribution in [1.29, 1.82) is 0 Å². The Labute approximate surface area is 104 Å². The third-order valence-electron chi connectivity index (χ3n) is 3.44. The highest BCUT2D eigenvalue weighted by molar-refractivity contribution is 5.81. The summed E-state index contributed by atoms with van der Waals surface area (Å²) in [5.41, 5.74) is 2.66. The molecule has 0 bridgehead atoms. The zero-order valence-electron chi connectivity index (χ0n) is 10.6. The van der Waals surface area contributed by atoms with Crippen molar-refractivity contribution in [3.8, 4) is 0 Å². The zero-order valence-corrected chi connectivity index (χ0v) is 10.6. The van der Waals surface area contributed by atoms with Crippen molar-refractivity contribution < 1.29 is 4.84 Å². The van der Waals surface area contributed by atoms with Crippen molar-refractivity contribution in [2.24, 2.45) is 5.16 Å². The molecule has 92 valence electrons. The average molecular weight is 231 g/mol. The van der Waals surface area contributed by atoms with Crippen LogP contribution in [0, 0.1) is 0 Å².